The van der Waals surface area contributed by atoms with E-state index < -0.39 is 27.9 Å². The van der Waals surface area contributed by atoms with Gasteiger partial charge in [0.15, 0.2) is 0 Å². The lowest BCUT2D eigenvalue weighted by Crippen LogP contribution is -2.55. The molecule has 138 valence electrons. The molecule has 0 N–H and O–H groups in total. The van der Waals surface area contributed by atoms with Crippen molar-refractivity contribution in [1.29, 1.82) is 0 Å². The maximum absolute atomic E-state index is 14.4. The van der Waals surface area contributed by atoms with Crippen LogP contribution in [0.5, 0.6) is 0 Å². The minimum absolute atomic E-state index is 0.0719. The maximum Gasteiger partial charge on any atom is 0.435 e. The van der Waals surface area contributed by atoms with Gasteiger partial charge in [0.1, 0.15) is 5.15 Å². The van der Waals surface area contributed by atoms with Crippen molar-refractivity contribution in [3.8, 4) is 0 Å². The molecule has 0 bridgehead atoms. The lowest BCUT2D eigenvalue weighted by atomic mass is 9.83. The molecule has 0 aliphatic heterocycles. The number of aromatic nitrogens is 1. The highest BCUT2D eigenvalue weighted by Gasteiger charge is 2.74. The normalized spacial score (nSPS) is 22.5. The molecule has 1 aromatic heterocycles. The molecule has 0 saturated heterocycles. The van der Waals surface area contributed by atoms with Crippen LogP contribution in [0.4, 0.5) is 30.7 Å². The van der Waals surface area contributed by atoms with Gasteiger partial charge in [0.25, 0.3) is 0 Å². The summed E-state index contributed by atoms with van der Waals surface area (Å²) in [5.74, 6) is 0. The van der Waals surface area contributed by atoms with Crippen LogP contribution < -0.4 is 0 Å². The molecule has 2 rings (SSSR count). The van der Waals surface area contributed by atoms with Crippen molar-refractivity contribution >= 4 is 43.5 Å². The Morgan fingerprint density at radius 1 is 1.08 bits per heavy atom. The van der Waals surface area contributed by atoms with E-state index in [1.807, 2.05) is 0 Å². The highest BCUT2D eigenvalue weighted by atomic mass is 79.9. The van der Waals surface area contributed by atoms with Crippen LogP contribution in [0.3, 0.4) is 0 Å². The summed E-state index contributed by atoms with van der Waals surface area (Å²) in [6, 6.07) is 2.77. The fraction of sp³-hybridized carbons (Fsp3) is 0.357. The minimum Gasteiger partial charge on any atom is -0.244 e. The number of allylic oxidation sites excluding steroid dienone is 4. The molecule has 1 atom stereocenters. The van der Waals surface area contributed by atoms with Crippen LogP contribution in [0, 0.1) is 0 Å². The summed E-state index contributed by atoms with van der Waals surface area (Å²) < 4.78 is 90.8. The molecular formula is C14H7Br2ClF7N. The van der Waals surface area contributed by atoms with Crippen molar-refractivity contribution in [1.82, 2.24) is 4.98 Å². The number of hydrogen-bond acceptors (Lipinski definition) is 1. The summed E-state index contributed by atoms with van der Waals surface area (Å²) in [4.78, 5) is 3.74. The van der Waals surface area contributed by atoms with Crippen molar-refractivity contribution in [2.75, 3.05) is 0 Å². The lowest BCUT2D eigenvalue weighted by molar-refractivity contribution is -0.325. The van der Waals surface area contributed by atoms with E-state index in [1.165, 1.54) is 18.3 Å². The number of nitrogens with zero attached hydrogens (tertiary/aromatic N) is 1. The first kappa shape index (κ1) is 20.7. The number of halogens is 10. The predicted octanol–water partition coefficient (Wildman–Crippen LogP) is 6.77. The second-order valence-electron chi connectivity index (χ2n) is 5.23. The Bertz CT molecular complexity index is 727. The monoisotopic (exact) mass is 515 g/mol. The molecule has 0 radical (unpaired) electrons. The molecule has 0 aromatic carbocycles. The summed E-state index contributed by atoms with van der Waals surface area (Å²) in [5.41, 5.74) is -7.03. The van der Waals surface area contributed by atoms with Gasteiger partial charge in [-0.3, -0.25) is 0 Å². The molecule has 1 unspecified atom stereocenters. The molecule has 0 saturated carbocycles. The van der Waals surface area contributed by atoms with Gasteiger partial charge in [0, 0.05) is 23.8 Å². The van der Waals surface area contributed by atoms with Crippen LogP contribution in [0.25, 0.3) is 0 Å². The van der Waals surface area contributed by atoms with Crippen molar-refractivity contribution < 1.29 is 30.7 Å². The third kappa shape index (κ3) is 3.62. The molecule has 0 amide bonds. The Hall–Kier alpha value is -0.610. The lowest BCUT2D eigenvalue weighted by Gasteiger charge is -2.36. The van der Waals surface area contributed by atoms with Crippen LogP contribution in [-0.4, -0.2) is 23.0 Å². The topological polar surface area (TPSA) is 12.9 Å². The zero-order valence-corrected chi connectivity index (χ0v) is 15.7. The molecule has 1 nitrogen and oxygen atoms in total. The molecule has 11 heteroatoms. The van der Waals surface area contributed by atoms with E-state index in [2.05, 4.69) is 36.8 Å². The van der Waals surface area contributed by atoms with E-state index in [1.54, 1.807) is 0 Å². The molecular weight excluding hydrogens is 510 g/mol. The predicted molar refractivity (Wildman–Crippen MR) is 85.5 cm³/mol. The quantitative estimate of drug-likeness (QED) is 0.240. The Balaban J connectivity index is 2.71. The van der Waals surface area contributed by atoms with Gasteiger partial charge in [-0.25, -0.2) is 9.37 Å². The van der Waals surface area contributed by atoms with Gasteiger partial charge >= 0.3 is 18.0 Å². The first-order valence-electron chi connectivity index (χ1n) is 6.44. The maximum atomic E-state index is 14.4. The van der Waals surface area contributed by atoms with E-state index in [9.17, 15) is 30.7 Å². The third-order valence-corrected chi connectivity index (χ3v) is 5.26. The molecule has 1 heterocycles. The first-order valence-corrected chi connectivity index (χ1v) is 8.40. The van der Waals surface area contributed by atoms with Gasteiger partial charge in [0.2, 0.25) is 0 Å². The summed E-state index contributed by atoms with van der Waals surface area (Å²) in [5, 5.41) is -0.138. The minimum atomic E-state index is -6.20. The molecule has 25 heavy (non-hydrogen) atoms. The Kier molecular flexibility index (Phi) is 5.40. The van der Waals surface area contributed by atoms with Crippen LogP contribution in [0.15, 0.2) is 40.5 Å². The first-order chi connectivity index (χ1) is 11.2. The van der Waals surface area contributed by atoms with Crippen LogP contribution in [-0.2, 0) is 4.32 Å². The van der Waals surface area contributed by atoms with Gasteiger partial charge in [-0.05, 0) is 16.6 Å². The van der Waals surface area contributed by atoms with Gasteiger partial charge in [-0.15, -0.1) is 0 Å². The number of rotatable bonds is 2. The van der Waals surface area contributed by atoms with E-state index in [4.69, 9.17) is 11.6 Å². The molecule has 0 spiro atoms. The average molecular weight is 517 g/mol. The Labute approximate surface area is 159 Å². The van der Waals surface area contributed by atoms with Gasteiger partial charge in [-0.2, -0.15) is 26.3 Å². The second-order valence-corrected chi connectivity index (χ2v) is 8.02. The fourth-order valence-corrected chi connectivity index (χ4v) is 4.70. The smallest absolute Gasteiger partial charge is 0.244 e. The Morgan fingerprint density at radius 3 is 2.12 bits per heavy atom. The zero-order chi connectivity index (χ0) is 19.3. The van der Waals surface area contributed by atoms with E-state index in [0.29, 0.717) is 12.2 Å². The molecule has 1 aliphatic rings. The summed E-state index contributed by atoms with van der Waals surface area (Å²) >= 11 is 11.9. The SMILES string of the molecule is FC(F)(F)C(F)(C1=CC(Br)(c2cccnc2Cl)CC(Br)=C1)C(F)(F)F. The van der Waals surface area contributed by atoms with Gasteiger partial charge < -0.3 is 0 Å². The van der Waals surface area contributed by atoms with Crippen LogP contribution >= 0.6 is 43.5 Å². The van der Waals surface area contributed by atoms with E-state index >= 15 is 0 Å². The molecule has 1 aliphatic carbocycles. The van der Waals surface area contributed by atoms with Gasteiger partial charge in [0.05, 0.1) is 4.32 Å². The highest BCUT2D eigenvalue weighted by molar-refractivity contribution is 9.12. The number of alkyl halides is 8. The van der Waals surface area contributed by atoms with E-state index in [-0.39, 0.29) is 21.6 Å². The Morgan fingerprint density at radius 2 is 1.64 bits per heavy atom. The largest absolute Gasteiger partial charge is 0.435 e. The van der Waals surface area contributed by atoms with E-state index in [0.717, 1.165) is 0 Å². The van der Waals surface area contributed by atoms with Crippen molar-refractivity contribution in [3.05, 3.63) is 51.3 Å². The molecule has 0 fully saturated rings. The average Bonchev–Trinajstić information content (AvgIpc) is 2.43. The van der Waals surface area contributed by atoms with Crippen LogP contribution in [0.2, 0.25) is 5.15 Å². The van der Waals surface area contributed by atoms with Gasteiger partial charge in [-0.1, -0.05) is 55.6 Å². The highest BCUT2D eigenvalue weighted by Crippen LogP contribution is 2.55. The standard InChI is InChI=1S/C14H7Br2ClF7N/c15-8-4-7(12(18,13(19,20)21)14(22,23)24)5-11(16,6-8)9-2-1-3-25-10(9)17/h1-5H,6H2. The van der Waals surface area contributed by atoms with Crippen molar-refractivity contribution in [2.24, 2.45) is 0 Å². The fourth-order valence-electron chi connectivity index (χ4n) is 2.36. The summed E-state index contributed by atoms with van der Waals surface area (Å²) in [6.07, 6.45) is -10.2. The molecule has 1 aromatic rings. The number of hydrogen-bond donors (Lipinski definition) is 0. The van der Waals surface area contributed by atoms with Crippen LogP contribution in [0.1, 0.15) is 12.0 Å². The summed E-state index contributed by atoms with van der Waals surface area (Å²) in [6.45, 7) is 0. The van der Waals surface area contributed by atoms with Crippen molar-refractivity contribution in [2.45, 2.75) is 28.8 Å². The van der Waals surface area contributed by atoms with Crippen molar-refractivity contribution in [3.63, 3.8) is 0 Å². The third-order valence-electron chi connectivity index (χ3n) is 3.51. The zero-order valence-electron chi connectivity index (χ0n) is 11.8. The number of pyridine rings is 1. The summed E-state index contributed by atoms with van der Waals surface area (Å²) in [7, 11) is 0. The second kappa shape index (κ2) is 6.53.